The second kappa shape index (κ2) is 9.94. The van der Waals surface area contributed by atoms with Gasteiger partial charge in [0.05, 0.1) is 12.2 Å². The molecule has 4 rings (SSSR count). The number of benzene rings is 1. The van der Waals surface area contributed by atoms with E-state index in [0.717, 1.165) is 30.6 Å². The average Bonchev–Trinajstić information content (AvgIpc) is 2.80. The minimum atomic E-state index is -0.266. The van der Waals surface area contributed by atoms with E-state index in [1.165, 1.54) is 25.3 Å². The highest BCUT2D eigenvalue weighted by atomic mass is 19.1. The molecule has 1 atom stereocenters. The summed E-state index contributed by atoms with van der Waals surface area (Å²) in [7, 11) is 3.81. The monoisotopic (exact) mass is 439 g/mol. The van der Waals surface area contributed by atoms with Crippen molar-refractivity contribution in [1.29, 1.82) is 0 Å². The number of likely N-dealkylation sites (tertiary alicyclic amines) is 2. The van der Waals surface area contributed by atoms with Crippen LogP contribution >= 0.6 is 0 Å². The molecule has 1 amide bonds. The van der Waals surface area contributed by atoms with Gasteiger partial charge in [-0.1, -0.05) is 24.6 Å². The van der Waals surface area contributed by atoms with Crippen LogP contribution in [0.25, 0.3) is 11.1 Å². The molecule has 0 N–H and O–H groups in total. The number of rotatable bonds is 5. The van der Waals surface area contributed by atoms with E-state index in [0.29, 0.717) is 37.2 Å². The first kappa shape index (κ1) is 22.6. The molecular weight excluding hydrogens is 405 g/mol. The van der Waals surface area contributed by atoms with E-state index >= 15 is 0 Å². The fourth-order valence-electron chi connectivity index (χ4n) is 4.87. The molecule has 0 bridgehead atoms. The summed E-state index contributed by atoms with van der Waals surface area (Å²) in [5.74, 6) is 0.753. The van der Waals surface area contributed by atoms with Gasteiger partial charge in [0.2, 0.25) is 11.9 Å². The minimum Gasteiger partial charge on any atom is -0.347 e. The maximum absolute atomic E-state index is 14.6. The van der Waals surface area contributed by atoms with Crippen LogP contribution in [0.15, 0.2) is 30.5 Å². The Hall–Kier alpha value is -2.54. The summed E-state index contributed by atoms with van der Waals surface area (Å²) in [5.41, 5.74) is 2.16. The number of piperidine rings is 2. The van der Waals surface area contributed by atoms with Gasteiger partial charge in [0.25, 0.3) is 0 Å². The first-order chi connectivity index (χ1) is 15.4. The molecule has 172 valence electrons. The van der Waals surface area contributed by atoms with E-state index < -0.39 is 0 Å². The van der Waals surface area contributed by atoms with Crippen LogP contribution in [0.4, 0.5) is 10.3 Å². The summed E-state index contributed by atoms with van der Waals surface area (Å²) >= 11 is 0. The summed E-state index contributed by atoms with van der Waals surface area (Å²) in [6.45, 7) is 5.18. The lowest BCUT2D eigenvalue weighted by atomic mass is 9.88. The zero-order chi connectivity index (χ0) is 22.7. The molecule has 2 saturated heterocycles. The van der Waals surface area contributed by atoms with Crippen molar-refractivity contribution in [3.05, 3.63) is 42.0 Å². The number of nitrogens with zero attached hydrogens (tertiary/aromatic N) is 5. The molecular formula is C25H34FN5O. The Morgan fingerprint density at radius 2 is 1.84 bits per heavy atom. The number of anilines is 1. The van der Waals surface area contributed by atoms with Crippen molar-refractivity contribution in [3.63, 3.8) is 0 Å². The van der Waals surface area contributed by atoms with Crippen molar-refractivity contribution < 1.29 is 9.18 Å². The Bertz CT molecular complexity index is 942. The van der Waals surface area contributed by atoms with Gasteiger partial charge < -0.3 is 9.80 Å². The lowest BCUT2D eigenvalue weighted by molar-refractivity contribution is -0.134. The standard InChI is InChI=1S/C25H34FN5O/c1-18-8-6-7-13-31(18)17-23(32)30-14-11-19(12-15-30)24-21(16-27-25(28-24)29(2)3)20-9-4-5-10-22(20)26/h4-5,9-10,16,18-19H,6-8,11-15,17H2,1-3H3/t18-/m1/s1. The average molecular weight is 440 g/mol. The third-order valence-electron chi connectivity index (χ3n) is 6.88. The lowest BCUT2D eigenvalue weighted by Crippen LogP contribution is -2.47. The van der Waals surface area contributed by atoms with Gasteiger partial charge in [0, 0.05) is 56.5 Å². The molecule has 2 aliphatic rings. The Morgan fingerprint density at radius 1 is 1.09 bits per heavy atom. The first-order valence-corrected chi connectivity index (χ1v) is 11.7. The lowest BCUT2D eigenvalue weighted by Gasteiger charge is -2.37. The molecule has 7 heteroatoms. The number of hydrogen-bond acceptors (Lipinski definition) is 5. The van der Waals surface area contributed by atoms with E-state index in [1.54, 1.807) is 18.3 Å². The predicted molar refractivity (Wildman–Crippen MR) is 125 cm³/mol. The molecule has 0 radical (unpaired) electrons. The van der Waals surface area contributed by atoms with Crippen molar-refractivity contribution in [2.75, 3.05) is 45.2 Å². The van der Waals surface area contributed by atoms with Crippen molar-refractivity contribution in [1.82, 2.24) is 19.8 Å². The van der Waals surface area contributed by atoms with Crippen LogP contribution in [-0.2, 0) is 4.79 Å². The van der Waals surface area contributed by atoms with E-state index in [2.05, 4.69) is 16.8 Å². The maximum Gasteiger partial charge on any atom is 0.236 e. The summed E-state index contributed by atoms with van der Waals surface area (Å²) < 4.78 is 14.6. The number of carbonyl (C=O) groups is 1. The Labute approximate surface area is 190 Å². The normalized spacial score (nSPS) is 20.4. The number of carbonyl (C=O) groups excluding carboxylic acids is 1. The molecule has 0 unspecified atom stereocenters. The summed E-state index contributed by atoms with van der Waals surface area (Å²) in [4.78, 5) is 28.4. The van der Waals surface area contributed by atoms with E-state index in [9.17, 15) is 9.18 Å². The van der Waals surface area contributed by atoms with Crippen molar-refractivity contribution in [2.45, 2.75) is 51.0 Å². The summed E-state index contributed by atoms with van der Waals surface area (Å²) in [5, 5.41) is 0. The molecule has 1 aromatic carbocycles. The number of halogens is 1. The van der Waals surface area contributed by atoms with Crippen molar-refractivity contribution in [3.8, 4) is 11.1 Å². The van der Waals surface area contributed by atoms with Gasteiger partial charge in [-0.2, -0.15) is 0 Å². The number of amides is 1. The van der Waals surface area contributed by atoms with Crippen LogP contribution in [-0.4, -0.2) is 72.0 Å². The highest BCUT2D eigenvalue weighted by Crippen LogP contribution is 2.35. The van der Waals surface area contributed by atoms with Gasteiger partial charge in [-0.15, -0.1) is 0 Å². The smallest absolute Gasteiger partial charge is 0.236 e. The summed E-state index contributed by atoms with van der Waals surface area (Å²) in [6.07, 6.45) is 7.01. The Kier molecular flexibility index (Phi) is 7.04. The molecule has 0 saturated carbocycles. The van der Waals surface area contributed by atoms with Gasteiger partial charge in [0.15, 0.2) is 0 Å². The molecule has 2 fully saturated rings. The fraction of sp³-hybridized carbons (Fsp3) is 0.560. The van der Waals surface area contributed by atoms with Gasteiger partial charge >= 0.3 is 0 Å². The molecule has 2 aromatic rings. The zero-order valence-corrected chi connectivity index (χ0v) is 19.4. The van der Waals surface area contributed by atoms with Gasteiger partial charge in [-0.3, -0.25) is 9.69 Å². The molecule has 32 heavy (non-hydrogen) atoms. The predicted octanol–water partition coefficient (Wildman–Crippen LogP) is 3.93. The van der Waals surface area contributed by atoms with Crippen LogP contribution in [0.5, 0.6) is 0 Å². The van der Waals surface area contributed by atoms with Crippen LogP contribution in [0.1, 0.15) is 50.6 Å². The Balaban J connectivity index is 1.49. The van der Waals surface area contributed by atoms with E-state index in [4.69, 9.17) is 4.98 Å². The quantitative estimate of drug-likeness (QED) is 0.707. The maximum atomic E-state index is 14.6. The van der Waals surface area contributed by atoms with E-state index in [-0.39, 0.29) is 17.6 Å². The third kappa shape index (κ3) is 4.93. The Morgan fingerprint density at radius 3 is 2.53 bits per heavy atom. The van der Waals surface area contributed by atoms with Gasteiger partial charge in [-0.25, -0.2) is 14.4 Å². The van der Waals surface area contributed by atoms with Crippen LogP contribution in [0, 0.1) is 5.82 Å². The van der Waals surface area contributed by atoms with Gasteiger partial charge in [-0.05, 0) is 45.2 Å². The highest BCUT2D eigenvalue weighted by molar-refractivity contribution is 5.78. The molecule has 0 aliphatic carbocycles. The second-order valence-electron chi connectivity index (χ2n) is 9.31. The second-order valence-corrected chi connectivity index (χ2v) is 9.31. The third-order valence-corrected chi connectivity index (χ3v) is 6.88. The van der Waals surface area contributed by atoms with Crippen molar-refractivity contribution in [2.24, 2.45) is 0 Å². The topological polar surface area (TPSA) is 52.6 Å². The van der Waals surface area contributed by atoms with Crippen LogP contribution < -0.4 is 4.90 Å². The number of aromatic nitrogens is 2. The number of hydrogen-bond donors (Lipinski definition) is 0. The van der Waals surface area contributed by atoms with Crippen LogP contribution in [0.2, 0.25) is 0 Å². The van der Waals surface area contributed by atoms with Crippen molar-refractivity contribution >= 4 is 11.9 Å². The SMILES string of the molecule is C[C@@H]1CCCCN1CC(=O)N1CCC(c2nc(N(C)C)ncc2-c2ccccc2F)CC1. The molecule has 0 spiro atoms. The molecule has 2 aliphatic heterocycles. The minimum absolute atomic E-state index is 0.171. The van der Waals surface area contributed by atoms with Gasteiger partial charge in [0.1, 0.15) is 5.82 Å². The zero-order valence-electron chi connectivity index (χ0n) is 19.4. The fourth-order valence-corrected chi connectivity index (χ4v) is 4.87. The molecule has 3 heterocycles. The highest BCUT2D eigenvalue weighted by Gasteiger charge is 2.29. The molecule has 1 aromatic heterocycles. The summed E-state index contributed by atoms with van der Waals surface area (Å²) in [6, 6.07) is 7.28. The van der Waals surface area contributed by atoms with E-state index in [1.807, 2.05) is 30.0 Å². The largest absolute Gasteiger partial charge is 0.347 e. The first-order valence-electron chi connectivity index (χ1n) is 11.7. The van der Waals surface area contributed by atoms with Crippen LogP contribution in [0.3, 0.4) is 0 Å². The molecule has 6 nitrogen and oxygen atoms in total.